The average molecular weight is 292 g/mol. The van der Waals surface area contributed by atoms with Gasteiger partial charge in [0.25, 0.3) is 0 Å². The van der Waals surface area contributed by atoms with Crippen LogP contribution in [0.15, 0.2) is 34.9 Å². The van der Waals surface area contributed by atoms with Crippen molar-refractivity contribution < 1.29 is 0 Å². The molecule has 17 heavy (non-hydrogen) atoms. The predicted octanol–water partition coefficient (Wildman–Crippen LogP) is 2.41. The van der Waals surface area contributed by atoms with Crippen LogP contribution in [0.5, 0.6) is 0 Å². The predicted molar refractivity (Wildman–Crippen MR) is 74.5 cm³/mol. The zero-order valence-corrected chi connectivity index (χ0v) is 11.1. The van der Waals surface area contributed by atoms with E-state index in [1.165, 1.54) is 11.1 Å². The highest BCUT2D eigenvalue weighted by Crippen LogP contribution is 2.29. The number of piperazine rings is 1. The van der Waals surface area contributed by atoms with Crippen LogP contribution < -0.4 is 10.2 Å². The van der Waals surface area contributed by atoms with Gasteiger partial charge in [0, 0.05) is 42.2 Å². The van der Waals surface area contributed by atoms with E-state index in [-0.39, 0.29) is 0 Å². The van der Waals surface area contributed by atoms with Gasteiger partial charge >= 0.3 is 0 Å². The van der Waals surface area contributed by atoms with Crippen molar-refractivity contribution in [2.24, 2.45) is 0 Å². The molecule has 0 atom stereocenters. The third-order valence-corrected chi connectivity index (χ3v) is 3.57. The van der Waals surface area contributed by atoms with E-state index in [0.717, 1.165) is 36.2 Å². The fourth-order valence-corrected chi connectivity index (χ4v) is 2.75. The molecule has 0 radical (unpaired) electrons. The number of anilines is 1. The first-order chi connectivity index (χ1) is 8.34. The van der Waals surface area contributed by atoms with E-state index < -0.39 is 0 Å². The van der Waals surface area contributed by atoms with Crippen molar-refractivity contribution in [3.8, 4) is 0 Å². The lowest BCUT2D eigenvalue weighted by atomic mass is 10.1. The highest BCUT2D eigenvalue weighted by atomic mass is 79.9. The van der Waals surface area contributed by atoms with Crippen LogP contribution in [-0.4, -0.2) is 31.2 Å². The van der Waals surface area contributed by atoms with E-state index in [4.69, 9.17) is 0 Å². The molecule has 0 spiro atoms. The van der Waals surface area contributed by atoms with Crippen molar-refractivity contribution >= 4 is 32.5 Å². The molecule has 2 heterocycles. The summed E-state index contributed by atoms with van der Waals surface area (Å²) in [6.45, 7) is 4.17. The van der Waals surface area contributed by atoms with Crippen LogP contribution >= 0.6 is 15.9 Å². The van der Waals surface area contributed by atoms with Crippen LogP contribution in [0, 0.1) is 0 Å². The van der Waals surface area contributed by atoms with Gasteiger partial charge in [-0.15, -0.1) is 0 Å². The van der Waals surface area contributed by atoms with E-state index in [0.29, 0.717) is 0 Å². The van der Waals surface area contributed by atoms with Crippen molar-refractivity contribution in [1.82, 2.24) is 10.3 Å². The van der Waals surface area contributed by atoms with Gasteiger partial charge < -0.3 is 10.2 Å². The molecule has 3 nitrogen and oxygen atoms in total. The Morgan fingerprint density at radius 3 is 2.88 bits per heavy atom. The summed E-state index contributed by atoms with van der Waals surface area (Å²) in [7, 11) is 0. The number of pyridine rings is 1. The Bertz CT molecular complexity index is 535. The summed E-state index contributed by atoms with van der Waals surface area (Å²) in [6, 6.07) is 8.38. The van der Waals surface area contributed by atoms with E-state index in [2.05, 4.69) is 49.3 Å². The molecule has 1 fully saturated rings. The second-order valence-electron chi connectivity index (χ2n) is 4.24. The van der Waals surface area contributed by atoms with Crippen molar-refractivity contribution in [3.05, 3.63) is 34.9 Å². The standard InChI is InChI=1S/C13H14BrN3/c14-11-8-10-2-1-3-16-13(10)12(9-11)17-6-4-15-5-7-17/h1-3,8-9,15H,4-7H2. The molecule has 0 saturated carbocycles. The molecule has 4 heteroatoms. The maximum Gasteiger partial charge on any atom is 0.0936 e. The summed E-state index contributed by atoms with van der Waals surface area (Å²) in [5.74, 6) is 0. The summed E-state index contributed by atoms with van der Waals surface area (Å²) in [5, 5.41) is 4.56. The number of aromatic nitrogens is 1. The van der Waals surface area contributed by atoms with Crippen LogP contribution in [0.1, 0.15) is 0 Å². The van der Waals surface area contributed by atoms with Gasteiger partial charge in [0.2, 0.25) is 0 Å². The second-order valence-corrected chi connectivity index (χ2v) is 5.15. The summed E-state index contributed by atoms with van der Waals surface area (Å²) in [6.07, 6.45) is 1.86. The highest BCUT2D eigenvalue weighted by molar-refractivity contribution is 9.10. The van der Waals surface area contributed by atoms with E-state index in [9.17, 15) is 0 Å². The SMILES string of the molecule is Brc1cc(N2CCNCC2)c2ncccc2c1. The van der Waals surface area contributed by atoms with Gasteiger partial charge in [-0.05, 0) is 18.2 Å². The summed E-state index contributed by atoms with van der Waals surface area (Å²) < 4.78 is 1.12. The lowest BCUT2D eigenvalue weighted by molar-refractivity contribution is 0.590. The molecule has 1 aliphatic heterocycles. The smallest absolute Gasteiger partial charge is 0.0936 e. The molecule has 3 rings (SSSR count). The zero-order valence-electron chi connectivity index (χ0n) is 9.49. The number of hydrogen-bond acceptors (Lipinski definition) is 3. The number of hydrogen-bond donors (Lipinski definition) is 1. The second kappa shape index (κ2) is 4.63. The Hall–Kier alpha value is -1.13. The number of fused-ring (bicyclic) bond motifs is 1. The monoisotopic (exact) mass is 291 g/mol. The molecule has 0 aliphatic carbocycles. The zero-order chi connectivity index (χ0) is 11.7. The average Bonchev–Trinajstić information content (AvgIpc) is 2.39. The lowest BCUT2D eigenvalue weighted by Crippen LogP contribution is -2.43. The van der Waals surface area contributed by atoms with Gasteiger partial charge in [0.1, 0.15) is 0 Å². The van der Waals surface area contributed by atoms with Crippen LogP contribution in [0.2, 0.25) is 0 Å². The largest absolute Gasteiger partial charge is 0.367 e. The fraction of sp³-hybridized carbons (Fsp3) is 0.308. The number of rotatable bonds is 1. The molecule has 0 unspecified atom stereocenters. The van der Waals surface area contributed by atoms with Gasteiger partial charge in [0.05, 0.1) is 11.2 Å². The van der Waals surface area contributed by atoms with Gasteiger partial charge in [-0.1, -0.05) is 22.0 Å². The molecule has 2 aromatic rings. The quantitative estimate of drug-likeness (QED) is 0.875. The molecule has 0 amide bonds. The molecule has 1 N–H and O–H groups in total. The van der Waals surface area contributed by atoms with E-state index >= 15 is 0 Å². The fourth-order valence-electron chi connectivity index (χ4n) is 2.28. The maximum atomic E-state index is 4.51. The van der Waals surface area contributed by atoms with E-state index in [1.54, 1.807) is 0 Å². The molecule has 88 valence electrons. The van der Waals surface area contributed by atoms with Crippen molar-refractivity contribution in [3.63, 3.8) is 0 Å². The van der Waals surface area contributed by atoms with Gasteiger partial charge in [-0.2, -0.15) is 0 Å². The third kappa shape index (κ3) is 2.15. The molecule has 1 saturated heterocycles. The Morgan fingerprint density at radius 1 is 1.24 bits per heavy atom. The molecular weight excluding hydrogens is 278 g/mol. The topological polar surface area (TPSA) is 28.2 Å². The number of nitrogens with one attached hydrogen (secondary N) is 1. The molecule has 1 aromatic heterocycles. The minimum absolute atomic E-state index is 1.04. The first-order valence-electron chi connectivity index (χ1n) is 5.84. The van der Waals surface area contributed by atoms with Gasteiger partial charge in [-0.25, -0.2) is 0 Å². The summed E-state index contributed by atoms with van der Waals surface area (Å²) in [5.41, 5.74) is 2.33. The maximum absolute atomic E-state index is 4.51. The normalized spacial score (nSPS) is 16.4. The third-order valence-electron chi connectivity index (χ3n) is 3.11. The number of nitrogens with zero attached hydrogens (tertiary/aromatic N) is 2. The minimum atomic E-state index is 1.04. The van der Waals surface area contributed by atoms with Crippen molar-refractivity contribution in [2.45, 2.75) is 0 Å². The first kappa shape index (κ1) is 11.0. The molecule has 1 aliphatic rings. The first-order valence-corrected chi connectivity index (χ1v) is 6.64. The Labute approximate surface area is 109 Å². The number of benzene rings is 1. The molecule has 0 bridgehead atoms. The number of halogens is 1. The van der Waals surface area contributed by atoms with Crippen LogP contribution in [0.25, 0.3) is 10.9 Å². The summed E-state index contributed by atoms with van der Waals surface area (Å²) in [4.78, 5) is 6.91. The van der Waals surface area contributed by atoms with Crippen molar-refractivity contribution in [2.75, 3.05) is 31.1 Å². The Morgan fingerprint density at radius 2 is 2.06 bits per heavy atom. The van der Waals surface area contributed by atoms with E-state index in [1.807, 2.05) is 12.3 Å². The minimum Gasteiger partial charge on any atom is -0.367 e. The Kier molecular flexibility index (Phi) is 2.99. The highest BCUT2D eigenvalue weighted by Gasteiger charge is 2.14. The van der Waals surface area contributed by atoms with Gasteiger partial charge in [-0.3, -0.25) is 4.98 Å². The Balaban J connectivity index is 2.13. The van der Waals surface area contributed by atoms with Crippen LogP contribution in [0.3, 0.4) is 0 Å². The van der Waals surface area contributed by atoms with Crippen LogP contribution in [-0.2, 0) is 0 Å². The molecule has 1 aromatic carbocycles. The van der Waals surface area contributed by atoms with Gasteiger partial charge in [0.15, 0.2) is 0 Å². The summed E-state index contributed by atoms with van der Waals surface area (Å²) >= 11 is 3.58. The van der Waals surface area contributed by atoms with Crippen LogP contribution in [0.4, 0.5) is 5.69 Å². The molecular formula is C13H14BrN3. The lowest BCUT2D eigenvalue weighted by Gasteiger charge is -2.30. The van der Waals surface area contributed by atoms with Crippen molar-refractivity contribution in [1.29, 1.82) is 0 Å².